The van der Waals surface area contributed by atoms with Crippen LogP contribution in [0.15, 0.2) is 6.07 Å². The third kappa shape index (κ3) is 5.61. The van der Waals surface area contributed by atoms with Gasteiger partial charge in [-0.15, -0.1) is 11.3 Å². The number of rotatable bonds is 6. The Morgan fingerprint density at radius 3 is 2.75 bits per heavy atom. The fourth-order valence-corrected chi connectivity index (χ4v) is 4.50. The van der Waals surface area contributed by atoms with Crippen molar-refractivity contribution >= 4 is 28.9 Å². The van der Waals surface area contributed by atoms with Gasteiger partial charge in [0, 0.05) is 17.9 Å². The summed E-state index contributed by atoms with van der Waals surface area (Å²) in [4.78, 5) is 28.5. The van der Waals surface area contributed by atoms with Crippen LogP contribution in [-0.4, -0.2) is 25.0 Å². The van der Waals surface area contributed by atoms with Crippen molar-refractivity contribution in [2.24, 2.45) is 11.3 Å². The molecule has 154 valence electrons. The molecule has 0 saturated carbocycles. The first kappa shape index (κ1) is 22.5. The fraction of sp³-hybridized carbons (Fsp3) is 0.652. The molecule has 1 amide bonds. The number of amides is 1. The van der Waals surface area contributed by atoms with Gasteiger partial charge in [-0.05, 0) is 52.0 Å². The number of piperidine rings is 1. The standard InChI is InChI=1S/C23H33NO3S/c1-7-8-10-16(2)18-11-9-12-20(25)24(18)19-15-17(13-14-23(3,4)5)28-21(19)22(26)27-6/h15-16,18H,7-12H2,1-6H3. The summed E-state index contributed by atoms with van der Waals surface area (Å²) in [5.74, 6) is 6.48. The number of ether oxygens (including phenoxy) is 1. The van der Waals surface area contributed by atoms with Crippen molar-refractivity contribution in [2.45, 2.75) is 79.2 Å². The number of hydrogen-bond donors (Lipinski definition) is 0. The number of esters is 1. The van der Waals surface area contributed by atoms with Gasteiger partial charge in [0.15, 0.2) is 0 Å². The van der Waals surface area contributed by atoms with Gasteiger partial charge in [-0.1, -0.05) is 38.5 Å². The Bertz CT molecular complexity index is 763. The van der Waals surface area contributed by atoms with Crippen LogP contribution >= 0.6 is 11.3 Å². The van der Waals surface area contributed by atoms with E-state index in [1.807, 2.05) is 11.0 Å². The molecule has 0 spiro atoms. The summed E-state index contributed by atoms with van der Waals surface area (Å²) in [6, 6.07) is 2.02. The van der Waals surface area contributed by atoms with Crippen LogP contribution in [0.3, 0.4) is 0 Å². The molecule has 28 heavy (non-hydrogen) atoms. The predicted molar refractivity (Wildman–Crippen MR) is 116 cm³/mol. The third-order valence-corrected chi connectivity index (χ3v) is 6.08. The maximum atomic E-state index is 12.9. The molecule has 2 atom stereocenters. The van der Waals surface area contributed by atoms with Crippen LogP contribution in [0.4, 0.5) is 5.69 Å². The number of thiophene rings is 1. The molecule has 0 bridgehead atoms. The number of carbonyl (C=O) groups is 2. The Morgan fingerprint density at radius 2 is 2.14 bits per heavy atom. The molecule has 0 N–H and O–H groups in total. The van der Waals surface area contributed by atoms with E-state index in [-0.39, 0.29) is 17.4 Å². The van der Waals surface area contributed by atoms with Gasteiger partial charge in [0.05, 0.1) is 17.7 Å². The van der Waals surface area contributed by atoms with Crippen LogP contribution in [-0.2, 0) is 9.53 Å². The molecule has 2 unspecified atom stereocenters. The van der Waals surface area contributed by atoms with Gasteiger partial charge in [0.25, 0.3) is 0 Å². The fourth-order valence-electron chi connectivity index (χ4n) is 3.58. The Hall–Kier alpha value is -1.80. The Kier molecular flexibility index (Phi) is 7.71. The lowest BCUT2D eigenvalue weighted by molar-refractivity contribution is -0.120. The van der Waals surface area contributed by atoms with E-state index in [0.29, 0.717) is 22.9 Å². The highest BCUT2D eigenvalue weighted by Gasteiger charge is 2.36. The molecule has 1 aliphatic heterocycles. The van der Waals surface area contributed by atoms with Crippen molar-refractivity contribution in [1.82, 2.24) is 0 Å². The van der Waals surface area contributed by atoms with Crippen LogP contribution < -0.4 is 4.90 Å². The molecule has 2 rings (SSSR count). The maximum absolute atomic E-state index is 12.9. The highest BCUT2D eigenvalue weighted by atomic mass is 32.1. The molecule has 1 aromatic rings. The van der Waals surface area contributed by atoms with E-state index in [2.05, 4.69) is 46.5 Å². The molecular weight excluding hydrogens is 370 g/mol. The highest BCUT2D eigenvalue weighted by molar-refractivity contribution is 7.15. The topological polar surface area (TPSA) is 46.6 Å². The highest BCUT2D eigenvalue weighted by Crippen LogP contribution is 2.38. The molecule has 1 saturated heterocycles. The molecule has 0 aromatic carbocycles. The second kappa shape index (κ2) is 9.60. The number of unbranched alkanes of at least 4 members (excludes halogenated alkanes) is 1. The van der Waals surface area contributed by atoms with Crippen LogP contribution in [0.25, 0.3) is 0 Å². The largest absolute Gasteiger partial charge is 0.465 e. The third-order valence-electron chi connectivity index (χ3n) is 5.06. The first-order valence-corrected chi connectivity index (χ1v) is 11.1. The summed E-state index contributed by atoms with van der Waals surface area (Å²) in [7, 11) is 1.38. The minimum atomic E-state index is -0.401. The number of carbonyl (C=O) groups excluding carboxylic acids is 2. The molecule has 1 fully saturated rings. The van der Waals surface area contributed by atoms with E-state index in [4.69, 9.17) is 4.74 Å². The summed E-state index contributed by atoms with van der Waals surface area (Å²) in [5, 5.41) is 0. The van der Waals surface area contributed by atoms with E-state index >= 15 is 0 Å². The lowest BCUT2D eigenvalue weighted by Gasteiger charge is -2.39. The number of anilines is 1. The SMILES string of the molecule is CCCCC(C)C1CCCC(=O)N1c1cc(C#CC(C)(C)C)sc1C(=O)OC. The van der Waals surface area contributed by atoms with Crippen molar-refractivity contribution < 1.29 is 14.3 Å². The van der Waals surface area contributed by atoms with Gasteiger partial charge in [0.2, 0.25) is 5.91 Å². The summed E-state index contributed by atoms with van der Waals surface area (Å²) in [6.07, 6.45) is 5.77. The number of nitrogens with zero attached hydrogens (tertiary/aromatic N) is 1. The van der Waals surface area contributed by atoms with Gasteiger partial charge >= 0.3 is 5.97 Å². The lowest BCUT2D eigenvalue weighted by atomic mass is 9.87. The molecule has 1 aliphatic rings. The number of methoxy groups -OCH3 is 1. The first-order chi connectivity index (χ1) is 13.2. The molecule has 2 heterocycles. The minimum Gasteiger partial charge on any atom is -0.465 e. The van der Waals surface area contributed by atoms with E-state index in [0.717, 1.165) is 37.0 Å². The second-order valence-corrected chi connectivity index (χ2v) is 9.71. The zero-order valence-electron chi connectivity index (χ0n) is 18.1. The molecular formula is C23H33NO3S. The van der Waals surface area contributed by atoms with Crippen LogP contribution in [0, 0.1) is 23.2 Å². The lowest BCUT2D eigenvalue weighted by Crippen LogP contribution is -2.47. The first-order valence-electron chi connectivity index (χ1n) is 10.2. The van der Waals surface area contributed by atoms with E-state index in [1.54, 1.807) is 0 Å². The Balaban J connectivity index is 2.47. The summed E-state index contributed by atoms with van der Waals surface area (Å²) < 4.78 is 5.01. The monoisotopic (exact) mass is 403 g/mol. The van der Waals surface area contributed by atoms with Crippen LogP contribution in [0.5, 0.6) is 0 Å². The van der Waals surface area contributed by atoms with E-state index < -0.39 is 5.97 Å². The number of hydrogen-bond acceptors (Lipinski definition) is 4. The normalized spacial score (nSPS) is 18.4. The van der Waals surface area contributed by atoms with Crippen molar-refractivity contribution in [3.05, 3.63) is 15.8 Å². The average molecular weight is 404 g/mol. The van der Waals surface area contributed by atoms with Crippen molar-refractivity contribution in [2.75, 3.05) is 12.0 Å². The van der Waals surface area contributed by atoms with Gasteiger partial charge in [-0.25, -0.2) is 4.79 Å². The summed E-state index contributed by atoms with van der Waals surface area (Å²) in [6.45, 7) is 10.6. The quantitative estimate of drug-likeness (QED) is 0.456. The zero-order valence-corrected chi connectivity index (χ0v) is 18.9. The van der Waals surface area contributed by atoms with E-state index in [1.165, 1.54) is 18.4 Å². The van der Waals surface area contributed by atoms with Crippen LogP contribution in [0.1, 0.15) is 87.7 Å². The minimum absolute atomic E-state index is 0.0953. The van der Waals surface area contributed by atoms with Gasteiger partial charge in [0.1, 0.15) is 4.88 Å². The van der Waals surface area contributed by atoms with Crippen molar-refractivity contribution in [3.63, 3.8) is 0 Å². The summed E-state index contributed by atoms with van der Waals surface area (Å²) >= 11 is 1.32. The smallest absolute Gasteiger partial charge is 0.350 e. The predicted octanol–water partition coefficient (Wildman–Crippen LogP) is 5.64. The Labute approximate surface area is 173 Å². The molecule has 1 aromatic heterocycles. The maximum Gasteiger partial charge on any atom is 0.350 e. The average Bonchev–Trinajstić information content (AvgIpc) is 3.07. The Morgan fingerprint density at radius 1 is 1.43 bits per heavy atom. The van der Waals surface area contributed by atoms with Crippen LogP contribution in [0.2, 0.25) is 0 Å². The van der Waals surface area contributed by atoms with Gasteiger partial charge in [-0.3, -0.25) is 4.79 Å². The molecule has 0 radical (unpaired) electrons. The van der Waals surface area contributed by atoms with Crippen molar-refractivity contribution in [1.29, 1.82) is 0 Å². The summed E-state index contributed by atoms with van der Waals surface area (Å²) in [5.41, 5.74) is 0.543. The molecule has 0 aliphatic carbocycles. The van der Waals surface area contributed by atoms with Crippen molar-refractivity contribution in [3.8, 4) is 11.8 Å². The second-order valence-electron chi connectivity index (χ2n) is 8.66. The zero-order chi connectivity index (χ0) is 20.9. The van der Waals surface area contributed by atoms with E-state index in [9.17, 15) is 9.59 Å². The molecule has 4 nitrogen and oxygen atoms in total. The van der Waals surface area contributed by atoms with Gasteiger partial charge < -0.3 is 9.64 Å². The van der Waals surface area contributed by atoms with Gasteiger partial charge in [-0.2, -0.15) is 0 Å². The molecule has 5 heteroatoms.